The van der Waals surface area contributed by atoms with E-state index in [1.165, 1.54) is 11.3 Å². The molecule has 0 fully saturated rings. The van der Waals surface area contributed by atoms with Crippen molar-refractivity contribution in [3.63, 3.8) is 0 Å². The van der Waals surface area contributed by atoms with Crippen molar-refractivity contribution < 1.29 is 14.3 Å². The van der Waals surface area contributed by atoms with Crippen molar-refractivity contribution in [2.24, 2.45) is 0 Å². The first kappa shape index (κ1) is 23.1. The minimum atomic E-state index is -0.147. The highest BCUT2D eigenvalue weighted by molar-refractivity contribution is 7.17. The molecule has 0 atom stereocenters. The summed E-state index contributed by atoms with van der Waals surface area (Å²) in [4.78, 5) is 27.6. The van der Waals surface area contributed by atoms with Gasteiger partial charge >= 0.3 is 0 Å². The first-order valence-corrected chi connectivity index (χ1v) is 12.2. The number of benzene rings is 2. The van der Waals surface area contributed by atoms with E-state index in [1.54, 1.807) is 18.4 Å². The number of carbonyl (C=O) groups excluding carboxylic acids is 2. The second-order valence-electron chi connectivity index (χ2n) is 8.56. The maximum absolute atomic E-state index is 13.5. The molecular formula is C27H30N2O3S. The van der Waals surface area contributed by atoms with Crippen molar-refractivity contribution >= 4 is 33.8 Å². The third-order valence-electron chi connectivity index (χ3n) is 6.14. The SMILES string of the molecule is COc1ccc(CC(=O)Nc2sc3c(c2C(=O)Nc2c(C)cccc2C)CCCCC3)cc1. The van der Waals surface area contributed by atoms with E-state index < -0.39 is 0 Å². The molecule has 33 heavy (non-hydrogen) atoms. The standard InChI is InChI=1S/C27H30N2O3S/c1-17-8-7-9-18(2)25(17)29-26(31)24-21-10-5-4-6-11-22(21)33-27(24)28-23(30)16-19-12-14-20(32-3)15-13-19/h7-9,12-15H,4-6,10-11,16H2,1-3H3,(H,28,30)(H,29,31). The Morgan fingerprint density at radius 2 is 1.64 bits per heavy atom. The summed E-state index contributed by atoms with van der Waals surface area (Å²) < 4.78 is 5.19. The molecule has 5 nitrogen and oxygen atoms in total. The molecule has 172 valence electrons. The Hall–Kier alpha value is -3.12. The van der Waals surface area contributed by atoms with Crippen LogP contribution in [0.15, 0.2) is 42.5 Å². The second kappa shape index (κ2) is 10.2. The van der Waals surface area contributed by atoms with Gasteiger partial charge < -0.3 is 15.4 Å². The first-order chi connectivity index (χ1) is 16.0. The molecule has 4 rings (SSSR count). The molecule has 2 N–H and O–H groups in total. The number of para-hydroxylation sites is 1. The zero-order valence-electron chi connectivity index (χ0n) is 19.4. The molecule has 2 aromatic carbocycles. The summed E-state index contributed by atoms with van der Waals surface area (Å²) in [7, 11) is 1.62. The quantitative estimate of drug-likeness (QED) is 0.437. The van der Waals surface area contributed by atoms with Gasteiger partial charge in [0.15, 0.2) is 0 Å². The number of ether oxygens (including phenoxy) is 1. The van der Waals surface area contributed by atoms with E-state index in [-0.39, 0.29) is 18.2 Å². The molecule has 0 radical (unpaired) electrons. The van der Waals surface area contributed by atoms with Gasteiger partial charge in [0.1, 0.15) is 10.8 Å². The van der Waals surface area contributed by atoms with Crippen molar-refractivity contribution in [1.29, 1.82) is 0 Å². The maximum Gasteiger partial charge on any atom is 0.258 e. The van der Waals surface area contributed by atoms with E-state index in [0.29, 0.717) is 10.6 Å². The van der Waals surface area contributed by atoms with Crippen LogP contribution in [-0.2, 0) is 24.1 Å². The molecule has 0 spiro atoms. The molecule has 1 heterocycles. The van der Waals surface area contributed by atoms with Crippen LogP contribution in [0.3, 0.4) is 0 Å². The van der Waals surface area contributed by atoms with Gasteiger partial charge in [-0.1, -0.05) is 36.8 Å². The number of hydrogen-bond acceptors (Lipinski definition) is 4. The molecular weight excluding hydrogens is 432 g/mol. The number of rotatable bonds is 6. The Morgan fingerprint density at radius 3 is 2.33 bits per heavy atom. The Kier molecular flexibility index (Phi) is 7.14. The van der Waals surface area contributed by atoms with E-state index in [1.807, 2.05) is 56.3 Å². The highest BCUT2D eigenvalue weighted by Crippen LogP contribution is 2.38. The van der Waals surface area contributed by atoms with Crippen molar-refractivity contribution in [3.8, 4) is 5.75 Å². The van der Waals surface area contributed by atoms with Gasteiger partial charge in [-0.3, -0.25) is 9.59 Å². The van der Waals surface area contributed by atoms with Crippen molar-refractivity contribution in [2.75, 3.05) is 17.7 Å². The average molecular weight is 463 g/mol. The largest absolute Gasteiger partial charge is 0.497 e. The monoisotopic (exact) mass is 462 g/mol. The highest BCUT2D eigenvalue weighted by atomic mass is 32.1. The zero-order valence-corrected chi connectivity index (χ0v) is 20.2. The predicted octanol–water partition coefficient (Wildman–Crippen LogP) is 6.08. The summed E-state index contributed by atoms with van der Waals surface area (Å²) in [5, 5.41) is 6.84. The Morgan fingerprint density at radius 1 is 0.939 bits per heavy atom. The first-order valence-electron chi connectivity index (χ1n) is 11.4. The van der Waals surface area contributed by atoms with Crippen LogP contribution < -0.4 is 15.4 Å². The molecule has 0 saturated heterocycles. The molecule has 0 saturated carbocycles. The van der Waals surface area contributed by atoms with Crippen LogP contribution in [0.2, 0.25) is 0 Å². The number of thiophene rings is 1. The Bertz CT molecular complexity index is 1140. The fourth-order valence-electron chi connectivity index (χ4n) is 4.36. The summed E-state index contributed by atoms with van der Waals surface area (Å²) in [5.74, 6) is 0.482. The Balaban J connectivity index is 1.60. The third kappa shape index (κ3) is 5.28. The highest BCUT2D eigenvalue weighted by Gasteiger charge is 2.26. The minimum absolute atomic E-state index is 0.127. The normalized spacial score (nSPS) is 13.1. The van der Waals surface area contributed by atoms with E-state index in [4.69, 9.17) is 4.74 Å². The molecule has 1 aromatic heterocycles. The number of amides is 2. The van der Waals surface area contributed by atoms with Gasteiger partial charge in [0.05, 0.1) is 19.1 Å². The van der Waals surface area contributed by atoms with Crippen LogP contribution in [0.1, 0.15) is 56.8 Å². The third-order valence-corrected chi connectivity index (χ3v) is 7.35. The lowest BCUT2D eigenvalue weighted by Crippen LogP contribution is -2.20. The number of nitrogens with one attached hydrogen (secondary N) is 2. The van der Waals surface area contributed by atoms with Gasteiger partial charge in [-0.05, 0) is 73.9 Å². The van der Waals surface area contributed by atoms with Crippen molar-refractivity contribution in [2.45, 2.75) is 52.4 Å². The molecule has 3 aromatic rings. The number of anilines is 2. The number of aryl methyl sites for hydroxylation is 3. The van der Waals surface area contributed by atoms with E-state index >= 15 is 0 Å². The topological polar surface area (TPSA) is 67.4 Å². The van der Waals surface area contributed by atoms with Gasteiger partial charge in [-0.2, -0.15) is 0 Å². The van der Waals surface area contributed by atoms with Crippen molar-refractivity contribution in [1.82, 2.24) is 0 Å². The Labute approximate surface area is 199 Å². The van der Waals surface area contributed by atoms with E-state index in [0.717, 1.165) is 59.4 Å². The number of fused-ring (bicyclic) bond motifs is 1. The van der Waals surface area contributed by atoms with Crippen LogP contribution in [0.5, 0.6) is 5.75 Å². The number of hydrogen-bond donors (Lipinski definition) is 2. The molecule has 1 aliphatic carbocycles. The smallest absolute Gasteiger partial charge is 0.258 e. The molecule has 1 aliphatic rings. The van der Waals surface area contributed by atoms with Gasteiger partial charge in [0.25, 0.3) is 5.91 Å². The summed E-state index contributed by atoms with van der Waals surface area (Å²) in [6.45, 7) is 3.99. The van der Waals surface area contributed by atoms with Crippen LogP contribution >= 0.6 is 11.3 Å². The molecule has 0 unspecified atom stereocenters. The van der Waals surface area contributed by atoms with Crippen LogP contribution in [-0.4, -0.2) is 18.9 Å². The van der Waals surface area contributed by atoms with E-state index in [2.05, 4.69) is 10.6 Å². The number of carbonyl (C=O) groups is 2. The van der Waals surface area contributed by atoms with Crippen LogP contribution in [0, 0.1) is 13.8 Å². The number of methoxy groups -OCH3 is 1. The lowest BCUT2D eigenvalue weighted by molar-refractivity contribution is -0.115. The fraction of sp³-hybridized carbons (Fsp3) is 0.333. The van der Waals surface area contributed by atoms with E-state index in [9.17, 15) is 9.59 Å². The fourth-order valence-corrected chi connectivity index (χ4v) is 5.66. The summed E-state index contributed by atoms with van der Waals surface area (Å²) in [6.07, 6.45) is 5.41. The second-order valence-corrected chi connectivity index (χ2v) is 9.67. The predicted molar refractivity (Wildman–Crippen MR) is 135 cm³/mol. The van der Waals surface area contributed by atoms with Gasteiger partial charge in [0, 0.05) is 10.6 Å². The molecule has 0 bridgehead atoms. The minimum Gasteiger partial charge on any atom is -0.497 e. The molecule has 2 amide bonds. The summed E-state index contributed by atoms with van der Waals surface area (Å²) in [5.41, 5.74) is 5.51. The maximum atomic E-state index is 13.5. The van der Waals surface area contributed by atoms with Crippen molar-refractivity contribution in [3.05, 3.63) is 75.2 Å². The zero-order chi connectivity index (χ0) is 23.4. The van der Waals surface area contributed by atoms with Gasteiger partial charge in [-0.25, -0.2) is 0 Å². The summed E-state index contributed by atoms with van der Waals surface area (Å²) >= 11 is 1.55. The molecule has 0 aliphatic heterocycles. The van der Waals surface area contributed by atoms with Gasteiger partial charge in [0.2, 0.25) is 5.91 Å². The lowest BCUT2D eigenvalue weighted by Gasteiger charge is -2.14. The van der Waals surface area contributed by atoms with Gasteiger partial charge in [-0.15, -0.1) is 11.3 Å². The average Bonchev–Trinajstić information content (AvgIpc) is 2.96. The summed E-state index contributed by atoms with van der Waals surface area (Å²) in [6, 6.07) is 13.4. The lowest BCUT2D eigenvalue weighted by atomic mass is 10.0. The molecule has 6 heteroatoms. The van der Waals surface area contributed by atoms with Crippen LogP contribution in [0.4, 0.5) is 10.7 Å². The van der Waals surface area contributed by atoms with Crippen LogP contribution in [0.25, 0.3) is 0 Å².